The predicted octanol–water partition coefficient (Wildman–Crippen LogP) is -0.0514. The van der Waals surface area contributed by atoms with E-state index >= 15 is 0 Å². The molecule has 0 bridgehead atoms. The summed E-state index contributed by atoms with van der Waals surface area (Å²) in [6, 6.07) is 0. The third-order valence-corrected chi connectivity index (χ3v) is 1.76. The van der Waals surface area contributed by atoms with E-state index in [1.165, 1.54) is 6.33 Å². The molecule has 1 aromatic heterocycles. The maximum absolute atomic E-state index is 10.4. The molecule has 0 aromatic carbocycles. The summed E-state index contributed by atoms with van der Waals surface area (Å²) >= 11 is 0. The smallest absolute Gasteiger partial charge is 0.210 e. The minimum atomic E-state index is 0.626. The van der Waals surface area contributed by atoms with Crippen molar-refractivity contribution in [1.82, 2.24) is 14.9 Å². The van der Waals surface area contributed by atoms with E-state index in [0.29, 0.717) is 13.1 Å². The molecule has 0 radical (unpaired) electrons. The van der Waals surface area contributed by atoms with Gasteiger partial charge in [-0.2, -0.15) is 0 Å². The molecule has 0 saturated heterocycles. The summed E-state index contributed by atoms with van der Waals surface area (Å²) in [4.78, 5) is 19.9. The van der Waals surface area contributed by atoms with E-state index in [0.717, 1.165) is 17.7 Å². The second kappa shape index (κ2) is 2.30. The highest BCUT2D eigenvalue weighted by molar-refractivity contribution is 5.49. The van der Waals surface area contributed by atoms with Crippen LogP contribution < -0.4 is 0 Å². The summed E-state index contributed by atoms with van der Waals surface area (Å²) in [6.45, 7) is 1.28. The Morgan fingerprint density at radius 3 is 3.18 bits per heavy atom. The van der Waals surface area contributed by atoms with Crippen LogP contribution in [0.25, 0.3) is 0 Å². The van der Waals surface area contributed by atoms with Gasteiger partial charge < -0.3 is 4.90 Å². The van der Waals surface area contributed by atoms with Crippen molar-refractivity contribution >= 4 is 6.41 Å². The zero-order chi connectivity index (χ0) is 7.68. The van der Waals surface area contributed by atoms with Gasteiger partial charge >= 0.3 is 0 Å². The third kappa shape index (κ3) is 0.960. The SMILES string of the molecule is O=CN1Cc2cncnc2C1. The van der Waals surface area contributed by atoms with Gasteiger partial charge in [0.1, 0.15) is 6.33 Å². The summed E-state index contributed by atoms with van der Waals surface area (Å²) in [7, 11) is 0. The van der Waals surface area contributed by atoms with E-state index in [1.54, 1.807) is 11.1 Å². The Kier molecular flexibility index (Phi) is 1.31. The Morgan fingerprint density at radius 1 is 1.55 bits per heavy atom. The average molecular weight is 149 g/mol. The first-order valence-corrected chi connectivity index (χ1v) is 3.37. The molecule has 0 atom stereocenters. The quantitative estimate of drug-likeness (QED) is 0.526. The molecule has 2 heterocycles. The first-order chi connectivity index (χ1) is 5.40. The fraction of sp³-hybridized carbons (Fsp3) is 0.286. The number of amides is 1. The van der Waals surface area contributed by atoms with Crippen molar-refractivity contribution in [3.8, 4) is 0 Å². The zero-order valence-corrected chi connectivity index (χ0v) is 5.90. The highest BCUT2D eigenvalue weighted by Gasteiger charge is 2.17. The van der Waals surface area contributed by atoms with Gasteiger partial charge in [-0.25, -0.2) is 9.97 Å². The number of hydrogen-bond acceptors (Lipinski definition) is 3. The highest BCUT2D eigenvalue weighted by Crippen LogP contribution is 2.16. The lowest BCUT2D eigenvalue weighted by Crippen LogP contribution is -2.12. The van der Waals surface area contributed by atoms with Crippen LogP contribution in [0, 0.1) is 0 Å². The van der Waals surface area contributed by atoms with Gasteiger partial charge in [0, 0.05) is 18.3 Å². The second-order valence-corrected chi connectivity index (χ2v) is 2.51. The lowest BCUT2D eigenvalue weighted by atomic mass is 10.3. The number of fused-ring (bicyclic) bond motifs is 1. The van der Waals surface area contributed by atoms with Crippen LogP contribution in [0.3, 0.4) is 0 Å². The molecule has 11 heavy (non-hydrogen) atoms. The molecule has 1 aromatic rings. The fourth-order valence-corrected chi connectivity index (χ4v) is 1.20. The molecule has 0 fully saturated rings. The molecule has 4 heteroatoms. The Balaban J connectivity index is 2.33. The average Bonchev–Trinajstić information content (AvgIpc) is 2.46. The molecular formula is C7H7N3O. The normalized spacial score (nSPS) is 14.7. The van der Waals surface area contributed by atoms with Crippen LogP contribution in [0.2, 0.25) is 0 Å². The lowest BCUT2D eigenvalue weighted by Gasteiger charge is -2.03. The number of hydrogen-bond donors (Lipinski definition) is 0. The first-order valence-electron chi connectivity index (χ1n) is 3.37. The van der Waals surface area contributed by atoms with E-state index in [-0.39, 0.29) is 0 Å². The van der Waals surface area contributed by atoms with Gasteiger partial charge in [-0.15, -0.1) is 0 Å². The first kappa shape index (κ1) is 6.27. The number of carbonyl (C=O) groups is 1. The summed E-state index contributed by atoms with van der Waals surface area (Å²) < 4.78 is 0. The summed E-state index contributed by atoms with van der Waals surface area (Å²) in [5, 5.41) is 0. The molecule has 4 nitrogen and oxygen atoms in total. The van der Waals surface area contributed by atoms with Gasteiger partial charge in [-0.05, 0) is 0 Å². The van der Waals surface area contributed by atoms with Gasteiger partial charge in [0.25, 0.3) is 0 Å². The minimum absolute atomic E-state index is 0.626. The number of aromatic nitrogens is 2. The Bertz CT molecular complexity index is 262. The van der Waals surface area contributed by atoms with Crippen LogP contribution in [0.4, 0.5) is 0 Å². The van der Waals surface area contributed by atoms with Crippen molar-refractivity contribution < 1.29 is 4.79 Å². The predicted molar refractivity (Wildman–Crippen MR) is 37.3 cm³/mol. The Hall–Kier alpha value is -1.45. The van der Waals surface area contributed by atoms with Crippen molar-refractivity contribution in [3.63, 3.8) is 0 Å². The summed E-state index contributed by atoms with van der Waals surface area (Å²) in [5.74, 6) is 0. The fourth-order valence-electron chi connectivity index (χ4n) is 1.20. The molecule has 1 aliphatic heterocycles. The van der Waals surface area contributed by atoms with Crippen molar-refractivity contribution in [2.24, 2.45) is 0 Å². The molecule has 0 saturated carbocycles. The van der Waals surface area contributed by atoms with Crippen LogP contribution >= 0.6 is 0 Å². The second-order valence-electron chi connectivity index (χ2n) is 2.51. The lowest BCUT2D eigenvalue weighted by molar-refractivity contribution is -0.118. The molecule has 0 unspecified atom stereocenters. The Morgan fingerprint density at radius 2 is 2.45 bits per heavy atom. The van der Waals surface area contributed by atoms with E-state index in [9.17, 15) is 4.79 Å². The highest BCUT2D eigenvalue weighted by atomic mass is 16.1. The topological polar surface area (TPSA) is 46.1 Å². The van der Waals surface area contributed by atoms with Crippen LogP contribution in [0.1, 0.15) is 11.3 Å². The Labute approximate surface area is 63.9 Å². The molecule has 0 spiro atoms. The maximum Gasteiger partial charge on any atom is 0.210 e. The van der Waals surface area contributed by atoms with Crippen LogP contribution in [-0.4, -0.2) is 21.3 Å². The van der Waals surface area contributed by atoms with E-state index in [4.69, 9.17) is 0 Å². The molecule has 1 amide bonds. The third-order valence-electron chi connectivity index (χ3n) is 1.76. The largest absolute Gasteiger partial charge is 0.335 e. The van der Waals surface area contributed by atoms with Gasteiger partial charge in [0.15, 0.2) is 0 Å². The maximum atomic E-state index is 10.4. The molecule has 0 N–H and O–H groups in total. The van der Waals surface area contributed by atoms with Crippen LogP contribution in [-0.2, 0) is 17.9 Å². The molecule has 2 rings (SSSR count). The molecule has 1 aliphatic rings. The summed E-state index contributed by atoms with van der Waals surface area (Å²) in [6.07, 6.45) is 4.10. The van der Waals surface area contributed by atoms with Crippen molar-refractivity contribution in [2.45, 2.75) is 13.1 Å². The molecule has 56 valence electrons. The zero-order valence-electron chi connectivity index (χ0n) is 5.90. The minimum Gasteiger partial charge on any atom is -0.335 e. The van der Waals surface area contributed by atoms with Gasteiger partial charge in [-0.3, -0.25) is 4.79 Å². The number of nitrogens with zero attached hydrogens (tertiary/aromatic N) is 3. The number of carbonyl (C=O) groups excluding carboxylic acids is 1. The standard InChI is InChI=1S/C7H7N3O/c11-5-10-2-6-1-8-4-9-7(6)3-10/h1,4-5H,2-3H2. The van der Waals surface area contributed by atoms with Gasteiger partial charge in [-0.1, -0.05) is 0 Å². The van der Waals surface area contributed by atoms with Gasteiger partial charge in [0.05, 0.1) is 12.2 Å². The van der Waals surface area contributed by atoms with Crippen LogP contribution in [0.15, 0.2) is 12.5 Å². The van der Waals surface area contributed by atoms with E-state index in [1.807, 2.05) is 0 Å². The van der Waals surface area contributed by atoms with Crippen molar-refractivity contribution in [2.75, 3.05) is 0 Å². The van der Waals surface area contributed by atoms with Crippen molar-refractivity contribution in [3.05, 3.63) is 23.8 Å². The van der Waals surface area contributed by atoms with E-state index in [2.05, 4.69) is 9.97 Å². The molecule has 0 aliphatic carbocycles. The van der Waals surface area contributed by atoms with Gasteiger partial charge in [0.2, 0.25) is 6.41 Å². The van der Waals surface area contributed by atoms with Crippen LogP contribution in [0.5, 0.6) is 0 Å². The summed E-state index contributed by atoms with van der Waals surface area (Å²) in [5.41, 5.74) is 2.02. The number of rotatable bonds is 1. The van der Waals surface area contributed by atoms with E-state index < -0.39 is 0 Å². The monoisotopic (exact) mass is 149 g/mol. The molecular weight excluding hydrogens is 142 g/mol. The van der Waals surface area contributed by atoms with Crippen molar-refractivity contribution in [1.29, 1.82) is 0 Å².